The van der Waals surface area contributed by atoms with Crippen molar-refractivity contribution < 1.29 is 8.78 Å². The van der Waals surface area contributed by atoms with E-state index >= 15 is 0 Å². The third kappa shape index (κ3) is 3.01. The highest BCUT2D eigenvalue weighted by molar-refractivity contribution is 5.84. The summed E-state index contributed by atoms with van der Waals surface area (Å²) in [5, 5.41) is 0.896. The molecule has 0 amide bonds. The molecule has 2 heterocycles. The normalized spacial score (nSPS) is 12.6. The van der Waals surface area contributed by atoms with E-state index in [2.05, 4.69) is 22.7 Å². The third-order valence-electron chi connectivity index (χ3n) is 4.80. The van der Waals surface area contributed by atoms with Crippen LogP contribution in [0.15, 0.2) is 67.4 Å². The molecule has 0 bridgehead atoms. The van der Waals surface area contributed by atoms with Gasteiger partial charge in [0.15, 0.2) is 0 Å². The van der Waals surface area contributed by atoms with Gasteiger partial charge in [0.25, 0.3) is 0 Å². The van der Waals surface area contributed by atoms with Gasteiger partial charge >= 0.3 is 0 Å². The molecule has 2 aromatic carbocycles. The van der Waals surface area contributed by atoms with Crippen molar-refractivity contribution in [2.45, 2.75) is 25.9 Å². The number of imidazole rings is 1. The summed E-state index contributed by atoms with van der Waals surface area (Å²) in [5.74, 6) is -0.503. The van der Waals surface area contributed by atoms with Gasteiger partial charge in [0.1, 0.15) is 11.6 Å². The lowest BCUT2D eigenvalue weighted by molar-refractivity contribution is 0.579. The van der Waals surface area contributed by atoms with Gasteiger partial charge in [-0.25, -0.2) is 13.8 Å². The Bertz CT molecular complexity index is 1020. The number of halogens is 2. The number of fused-ring (bicyclic) bond motifs is 1. The van der Waals surface area contributed by atoms with Crippen molar-refractivity contribution in [3.63, 3.8) is 0 Å². The van der Waals surface area contributed by atoms with Crippen LogP contribution in [0.3, 0.4) is 0 Å². The maximum absolute atomic E-state index is 13.9. The SMILES string of the molecule is CCn1cc(C(Cc2ccc(F)cc2)n2ccnc2)c2cc(F)ccc21. The number of aryl methyl sites for hydroxylation is 1. The fourth-order valence-electron chi connectivity index (χ4n) is 3.50. The van der Waals surface area contributed by atoms with Crippen molar-refractivity contribution in [3.8, 4) is 0 Å². The maximum Gasteiger partial charge on any atom is 0.123 e. The summed E-state index contributed by atoms with van der Waals surface area (Å²) in [6.45, 7) is 2.87. The van der Waals surface area contributed by atoms with Crippen molar-refractivity contribution in [2.24, 2.45) is 0 Å². The molecule has 0 aliphatic rings. The molecule has 5 heteroatoms. The van der Waals surface area contributed by atoms with Crippen LogP contribution >= 0.6 is 0 Å². The van der Waals surface area contributed by atoms with Gasteiger partial charge in [-0.1, -0.05) is 12.1 Å². The average molecular weight is 351 g/mol. The highest BCUT2D eigenvalue weighted by Gasteiger charge is 2.20. The molecule has 0 N–H and O–H groups in total. The largest absolute Gasteiger partial charge is 0.347 e. The molecular weight excluding hydrogens is 332 g/mol. The Morgan fingerprint density at radius 2 is 1.81 bits per heavy atom. The summed E-state index contributed by atoms with van der Waals surface area (Å²) in [6.07, 6.45) is 8.15. The second kappa shape index (κ2) is 6.75. The van der Waals surface area contributed by atoms with E-state index in [4.69, 9.17) is 0 Å². The van der Waals surface area contributed by atoms with Crippen LogP contribution < -0.4 is 0 Å². The lowest BCUT2D eigenvalue weighted by Crippen LogP contribution is -2.12. The van der Waals surface area contributed by atoms with Crippen LogP contribution in [0.4, 0.5) is 8.78 Å². The molecule has 0 saturated carbocycles. The Hall–Kier alpha value is -2.95. The number of nitrogens with zero attached hydrogens (tertiary/aromatic N) is 3. The summed E-state index contributed by atoms with van der Waals surface area (Å²) in [6, 6.07) is 11.4. The molecule has 4 aromatic rings. The molecule has 26 heavy (non-hydrogen) atoms. The van der Waals surface area contributed by atoms with Gasteiger partial charge in [-0.05, 0) is 49.2 Å². The molecule has 1 atom stereocenters. The minimum absolute atomic E-state index is 0.0555. The molecule has 1 unspecified atom stereocenters. The molecule has 0 saturated heterocycles. The molecule has 4 rings (SSSR count). The first-order valence-electron chi connectivity index (χ1n) is 8.66. The molecule has 0 aliphatic carbocycles. The Kier molecular flexibility index (Phi) is 4.29. The molecule has 0 radical (unpaired) electrons. The minimum atomic E-state index is -0.252. The molecule has 0 fully saturated rings. The monoisotopic (exact) mass is 351 g/mol. The molecular formula is C21H19F2N3. The lowest BCUT2D eigenvalue weighted by Gasteiger charge is -2.18. The van der Waals surface area contributed by atoms with Crippen LogP contribution in [-0.2, 0) is 13.0 Å². The predicted octanol–water partition coefficient (Wildman–Crippen LogP) is 4.97. The Balaban J connectivity index is 1.85. The molecule has 132 valence electrons. The molecule has 3 nitrogen and oxygen atoms in total. The van der Waals surface area contributed by atoms with Gasteiger partial charge in [-0.2, -0.15) is 0 Å². The van der Waals surface area contributed by atoms with Crippen molar-refractivity contribution in [1.29, 1.82) is 0 Å². The van der Waals surface area contributed by atoms with Crippen LogP contribution in [-0.4, -0.2) is 14.1 Å². The number of benzene rings is 2. The van der Waals surface area contributed by atoms with E-state index in [1.165, 1.54) is 18.2 Å². The second-order valence-electron chi connectivity index (χ2n) is 6.39. The quantitative estimate of drug-likeness (QED) is 0.498. The second-order valence-corrected chi connectivity index (χ2v) is 6.39. The lowest BCUT2D eigenvalue weighted by atomic mass is 9.98. The zero-order valence-electron chi connectivity index (χ0n) is 14.4. The molecule has 0 spiro atoms. The van der Waals surface area contributed by atoms with E-state index in [0.717, 1.165) is 28.6 Å². The first-order chi connectivity index (χ1) is 12.7. The fourth-order valence-corrected chi connectivity index (χ4v) is 3.50. The standard InChI is InChI=1S/C21H19F2N3/c1-2-25-13-19(18-12-17(23)7-8-20(18)25)21(26-10-9-24-14-26)11-15-3-5-16(22)6-4-15/h3-10,12-14,21H,2,11H2,1H3. The summed E-state index contributed by atoms with van der Waals surface area (Å²) < 4.78 is 31.3. The van der Waals surface area contributed by atoms with E-state index in [-0.39, 0.29) is 17.7 Å². The molecule has 0 aliphatic heterocycles. The zero-order chi connectivity index (χ0) is 18.1. The van der Waals surface area contributed by atoms with Crippen LogP contribution in [0, 0.1) is 11.6 Å². The maximum atomic E-state index is 13.9. The van der Waals surface area contributed by atoms with E-state index < -0.39 is 0 Å². The van der Waals surface area contributed by atoms with Gasteiger partial charge in [0.2, 0.25) is 0 Å². The average Bonchev–Trinajstić information content (AvgIpc) is 3.29. The van der Waals surface area contributed by atoms with E-state index in [1.54, 1.807) is 30.7 Å². The van der Waals surface area contributed by atoms with Gasteiger partial charge in [0.05, 0.1) is 12.4 Å². The number of hydrogen-bond donors (Lipinski definition) is 0. The molecule has 2 aromatic heterocycles. The van der Waals surface area contributed by atoms with E-state index in [0.29, 0.717) is 6.42 Å². The summed E-state index contributed by atoms with van der Waals surface area (Å²) >= 11 is 0. The van der Waals surface area contributed by atoms with E-state index in [9.17, 15) is 8.78 Å². The first-order valence-corrected chi connectivity index (χ1v) is 8.66. The Morgan fingerprint density at radius 1 is 1.04 bits per heavy atom. The number of rotatable bonds is 5. The van der Waals surface area contributed by atoms with Crippen LogP contribution in [0.2, 0.25) is 0 Å². The van der Waals surface area contributed by atoms with Crippen molar-refractivity contribution in [3.05, 3.63) is 90.1 Å². The third-order valence-corrected chi connectivity index (χ3v) is 4.80. The Morgan fingerprint density at radius 3 is 2.50 bits per heavy atom. The highest BCUT2D eigenvalue weighted by Crippen LogP contribution is 2.32. The number of hydrogen-bond acceptors (Lipinski definition) is 1. The summed E-state index contributed by atoms with van der Waals surface area (Å²) in [4.78, 5) is 4.17. The smallest absolute Gasteiger partial charge is 0.123 e. The zero-order valence-corrected chi connectivity index (χ0v) is 14.4. The van der Waals surface area contributed by atoms with Crippen molar-refractivity contribution >= 4 is 10.9 Å². The highest BCUT2D eigenvalue weighted by atomic mass is 19.1. The summed E-state index contributed by atoms with van der Waals surface area (Å²) in [5.41, 5.74) is 3.05. The van der Waals surface area contributed by atoms with Gasteiger partial charge in [0, 0.05) is 41.6 Å². The summed E-state index contributed by atoms with van der Waals surface area (Å²) in [7, 11) is 0. The first kappa shape index (κ1) is 16.5. The van der Waals surface area contributed by atoms with Gasteiger partial charge in [-0.3, -0.25) is 0 Å². The van der Waals surface area contributed by atoms with Crippen molar-refractivity contribution in [1.82, 2.24) is 14.1 Å². The fraction of sp³-hybridized carbons (Fsp3) is 0.190. The van der Waals surface area contributed by atoms with Gasteiger partial charge < -0.3 is 9.13 Å². The van der Waals surface area contributed by atoms with Crippen LogP contribution in [0.5, 0.6) is 0 Å². The number of aromatic nitrogens is 3. The van der Waals surface area contributed by atoms with Gasteiger partial charge in [-0.15, -0.1) is 0 Å². The minimum Gasteiger partial charge on any atom is -0.347 e. The van der Waals surface area contributed by atoms with Crippen molar-refractivity contribution in [2.75, 3.05) is 0 Å². The Labute approximate surface area is 150 Å². The van der Waals surface area contributed by atoms with Crippen LogP contribution in [0.1, 0.15) is 24.1 Å². The van der Waals surface area contributed by atoms with Crippen LogP contribution in [0.25, 0.3) is 10.9 Å². The van der Waals surface area contributed by atoms with E-state index in [1.807, 2.05) is 16.8 Å². The predicted molar refractivity (Wildman–Crippen MR) is 98.0 cm³/mol. The topological polar surface area (TPSA) is 22.8 Å².